The van der Waals surface area contributed by atoms with Gasteiger partial charge < -0.3 is 15.0 Å². The molecule has 2 aliphatic rings. The first-order chi connectivity index (χ1) is 21.8. The Balaban J connectivity index is 1.68. The van der Waals surface area contributed by atoms with Gasteiger partial charge in [0.25, 0.3) is 5.95 Å². The summed E-state index contributed by atoms with van der Waals surface area (Å²) in [5.41, 5.74) is -4.72. The average Bonchev–Trinajstić information content (AvgIpc) is 3.66. The maximum atomic E-state index is 14.0. The van der Waals surface area contributed by atoms with E-state index in [2.05, 4.69) is 20.7 Å². The number of amides is 1. The molecule has 3 atom stereocenters. The van der Waals surface area contributed by atoms with Gasteiger partial charge in [0.15, 0.2) is 0 Å². The van der Waals surface area contributed by atoms with Gasteiger partial charge >= 0.3 is 24.6 Å². The summed E-state index contributed by atoms with van der Waals surface area (Å²) in [7, 11) is 0. The molecular formula is C29H30F9N7O2. The van der Waals surface area contributed by atoms with Crippen LogP contribution in [-0.2, 0) is 29.8 Å². The number of benzene rings is 2. The summed E-state index contributed by atoms with van der Waals surface area (Å²) in [6.07, 6.45) is -16.0. The Kier molecular flexibility index (Phi) is 9.11. The molecule has 1 saturated heterocycles. The number of anilines is 2. The molecule has 0 radical (unpaired) electrons. The third-order valence-electron chi connectivity index (χ3n) is 7.92. The minimum absolute atomic E-state index is 0.0126. The molecule has 9 nitrogen and oxygen atoms in total. The van der Waals surface area contributed by atoms with Gasteiger partial charge in [-0.05, 0) is 92.9 Å². The van der Waals surface area contributed by atoms with Crippen molar-refractivity contribution in [3.63, 3.8) is 0 Å². The van der Waals surface area contributed by atoms with Gasteiger partial charge in [0.1, 0.15) is 0 Å². The minimum atomic E-state index is -5.14. The van der Waals surface area contributed by atoms with E-state index in [1.807, 2.05) is 0 Å². The van der Waals surface area contributed by atoms with Crippen LogP contribution in [-0.4, -0.2) is 51.5 Å². The van der Waals surface area contributed by atoms with Crippen molar-refractivity contribution in [3.05, 3.63) is 64.2 Å². The Bertz CT molecular complexity index is 1570. The zero-order valence-corrected chi connectivity index (χ0v) is 25.2. The Hall–Kier alpha value is -4.09. The van der Waals surface area contributed by atoms with Gasteiger partial charge in [0.05, 0.1) is 40.6 Å². The monoisotopic (exact) mass is 679 g/mol. The number of rotatable bonds is 6. The molecule has 2 aliphatic heterocycles. The highest BCUT2D eigenvalue weighted by atomic mass is 19.4. The van der Waals surface area contributed by atoms with E-state index in [0.29, 0.717) is 31.6 Å². The summed E-state index contributed by atoms with van der Waals surface area (Å²) >= 11 is 0. The second-order valence-corrected chi connectivity index (χ2v) is 11.8. The van der Waals surface area contributed by atoms with Gasteiger partial charge in [0, 0.05) is 19.1 Å². The maximum Gasteiger partial charge on any atom is 0.416 e. The molecule has 0 bridgehead atoms. The third-order valence-corrected chi connectivity index (χ3v) is 7.92. The lowest BCUT2D eigenvalue weighted by Gasteiger charge is -2.43. The van der Waals surface area contributed by atoms with Crippen LogP contribution in [0.5, 0.6) is 0 Å². The second-order valence-electron chi connectivity index (χ2n) is 11.8. The van der Waals surface area contributed by atoms with Crippen LogP contribution in [0.15, 0.2) is 36.4 Å². The Labute approximate surface area is 262 Å². The van der Waals surface area contributed by atoms with Crippen LogP contribution in [0.3, 0.4) is 0 Å². The van der Waals surface area contributed by atoms with E-state index in [-0.39, 0.29) is 35.7 Å². The van der Waals surface area contributed by atoms with E-state index in [0.717, 1.165) is 18.2 Å². The van der Waals surface area contributed by atoms with Crippen LogP contribution < -0.4 is 15.1 Å². The number of aromatic nitrogens is 4. The topological polar surface area (TPSA) is 88.4 Å². The molecule has 1 aromatic heterocycles. The fourth-order valence-electron chi connectivity index (χ4n) is 5.79. The first kappa shape index (κ1) is 34.3. The van der Waals surface area contributed by atoms with E-state index >= 15 is 0 Å². The molecule has 3 aromatic rings. The van der Waals surface area contributed by atoms with E-state index < -0.39 is 71.6 Å². The highest BCUT2D eigenvalue weighted by molar-refractivity contribution is 5.90. The van der Waals surface area contributed by atoms with Crippen molar-refractivity contribution in [3.8, 4) is 0 Å². The molecule has 0 unspecified atom stereocenters. The van der Waals surface area contributed by atoms with Crippen LogP contribution in [0.1, 0.15) is 73.5 Å². The molecule has 18 heteroatoms. The molecule has 47 heavy (non-hydrogen) atoms. The molecule has 0 spiro atoms. The van der Waals surface area contributed by atoms with Crippen molar-refractivity contribution in [2.75, 3.05) is 22.9 Å². The number of hydrogen-bond donors (Lipinski definition) is 1. The van der Waals surface area contributed by atoms with Gasteiger partial charge in [-0.15, -0.1) is 5.10 Å². The lowest BCUT2D eigenvalue weighted by atomic mass is 9.89. The van der Waals surface area contributed by atoms with Crippen LogP contribution in [0, 0.1) is 0 Å². The fraction of sp³-hybridized carbons (Fsp3) is 0.517. The summed E-state index contributed by atoms with van der Waals surface area (Å²) in [6.45, 7) is 5.18. The number of ether oxygens (including phenoxy) is 1. The largest absolute Gasteiger partial charge is 0.446 e. The van der Waals surface area contributed by atoms with Crippen LogP contribution >= 0.6 is 0 Å². The molecule has 256 valence electrons. The summed E-state index contributed by atoms with van der Waals surface area (Å²) in [6, 6.07) is 1.55. The Morgan fingerprint density at radius 2 is 1.62 bits per heavy atom. The number of alkyl halides is 9. The number of nitrogens with one attached hydrogen (secondary N) is 1. The highest BCUT2D eigenvalue weighted by Crippen LogP contribution is 2.45. The third kappa shape index (κ3) is 7.41. The number of fused-ring (bicyclic) bond motifs is 1. The maximum absolute atomic E-state index is 14.0. The number of halogens is 9. The van der Waals surface area contributed by atoms with Gasteiger partial charge in [0.2, 0.25) is 0 Å². The van der Waals surface area contributed by atoms with E-state index in [9.17, 15) is 44.3 Å². The molecule has 1 N–H and O–H groups in total. The lowest BCUT2D eigenvalue weighted by Crippen LogP contribution is -2.47. The van der Waals surface area contributed by atoms with Crippen molar-refractivity contribution in [2.24, 2.45) is 0 Å². The summed E-state index contributed by atoms with van der Waals surface area (Å²) in [4.78, 5) is 16.8. The van der Waals surface area contributed by atoms with Gasteiger partial charge in [-0.3, -0.25) is 4.90 Å². The van der Waals surface area contributed by atoms with E-state index in [1.54, 1.807) is 20.8 Å². The quantitative estimate of drug-likeness (QED) is 0.277. The molecule has 5 rings (SSSR count). The van der Waals surface area contributed by atoms with Crippen molar-refractivity contribution < 1.29 is 49.0 Å². The average molecular weight is 680 g/mol. The number of nitrogens with zero attached hydrogens (tertiary/aromatic N) is 6. The lowest BCUT2D eigenvalue weighted by molar-refractivity contribution is -0.143. The van der Waals surface area contributed by atoms with Crippen LogP contribution in [0.4, 0.5) is 55.9 Å². The van der Waals surface area contributed by atoms with Gasteiger partial charge in [-0.25, -0.2) is 4.79 Å². The fourth-order valence-corrected chi connectivity index (χ4v) is 5.79. The van der Waals surface area contributed by atoms with Crippen LogP contribution in [0.25, 0.3) is 0 Å². The van der Waals surface area contributed by atoms with Crippen molar-refractivity contribution in [1.29, 1.82) is 0 Å². The standard InChI is InChI=1S/C29H30F9N7O2/c1-15(2)47-26(46)44-16(3)8-24(22-12-18(27(30,31)32)4-5-23(22)44)43(25-40-42-45(41-25)21-6-7-39-13-21)14-17-9-19(28(33,34)35)11-20(10-17)29(36,37)38/h4-5,9-12,15-16,21,24,39H,6-8,13-14H2,1-3H3/t16-,21-,24+/m1/s1. The predicted octanol–water partition coefficient (Wildman–Crippen LogP) is 7.16. The minimum Gasteiger partial charge on any atom is -0.446 e. The summed E-state index contributed by atoms with van der Waals surface area (Å²) < 4.78 is 130. The zero-order valence-electron chi connectivity index (χ0n) is 25.2. The smallest absolute Gasteiger partial charge is 0.416 e. The summed E-state index contributed by atoms with van der Waals surface area (Å²) in [5.74, 6) is -0.235. The van der Waals surface area contributed by atoms with Gasteiger partial charge in [-0.2, -0.15) is 44.3 Å². The number of tetrazole rings is 1. The van der Waals surface area contributed by atoms with E-state index in [4.69, 9.17) is 4.74 Å². The zero-order chi connectivity index (χ0) is 34.5. The Morgan fingerprint density at radius 1 is 0.979 bits per heavy atom. The van der Waals surface area contributed by atoms with E-state index in [1.165, 1.54) is 14.6 Å². The first-order valence-electron chi connectivity index (χ1n) is 14.6. The predicted molar refractivity (Wildman–Crippen MR) is 149 cm³/mol. The van der Waals surface area contributed by atoms with Crippen molar-refractivity contribution in [1.82, 2.24) is 25.5 Å². The summed E-state index contributed by atoms with van der Waals surface area (Å²) in [5, 5.41) is 15.6. The highest BCUT2D eigenvalue weighted by Gasteiger charge is 2.42. The normalized spacial score (nSPS) is 20.4. The number of carbonyl (C=O) groups is 1. The molecule has 1 fully saturated rings. The van der Waals surface area contributed by atoms with Crippen LogP contribution in [0.2, 0.25) is 0 Å². The molecule has 2 aromatic carbocycles. The SMILES string of the molecule is CC(C)OC(=O)N1c2ccc(C(F)(F)F)cc2[C@@H](N(Cc2cc(C(F)(F)F)cc(C(F)(F)F)c2)c2nnn([C@@H]3CCNC3)n2)C[C@H]1C. The molecule has 0 saturated carbocycles. The van der Waals surface area contributed by atoms with Gasteiger partial charge in [-0.1, -0.05) is 5.10 Å². The van der Waals surface area contributed by atoms with Crippen molar-refractivity contribution >= 4 is 17.7 Å². The number of carbonyl (C=O) groups excluding carboxylic acids is 1. The molecule has 3 heterocycles. The van der Waals surface area contributed by atoms with Crippen molar-refractivity contribution in [2.45, 2.75) is 82.9 Å². The molecule has 0 aliphatic carbocycles. The molecule has 1 amide bonds. The number of hydrogen-bond acceptors (Lipinski definition) is 7. The second kappa shape index (κ2) is 12.5. The first-order valence-corrected chi connectivity index (χ1v) is 14.6. The molecular weight excluding hydrogens is 649 g/mol. The Morgan fingerprint density at radius 3 is 2.17 bits per heavy atom.